The van der Waals surface area contributed by atoms with Gasteiger partial charge in [0.1, 0.15) is 17.2 Å². The molecule has 2 heteroatoms. The molecule has 0 bridgehead atoms. The van der Waals surface area contributed by atoms with E-state index in [4.69, 9.17) is 4.74 Å². The van der Waals surface area contributed by atoms with E-state index < -0.39 is 0 Å². The minimum absolute atomic E-state index is 0.263. The molecular weight excluding hydrogens is 260 g/mol. The summed E-state index contributed by atoms with van der Waals surface area (Å²) in [7, 11) is 0. The second-order valence-electron chi connectivity index (χ2n) is 5.97. The van der Waals surface area contributed by atoms with Crippen LogP contribution in [0.4, 0.5) is 0 Å². The highest BCUT2D eigenvalue weighted by atomic mass is 16.5. The summed E-state index contributed by atoms with van der Waals surface area (Å²) >= 11 is 0. The van der Waals surface area contributed by atoms with E-state index in [1.54, 1.807) is 12.1 Å². The third-order valence-electron chi connectivity index (χ3n) is 4.28. The molecule has 2 aromatic carbocycles. The Hall–Kier alpha value is -1.96. The summed E-state index contributed by atoms with van der Waals surface area (Å²) in [6.45, 7) is 2.09. The van der Waals surface area contributed by atoms with E-state index in [1.807, 2.05) is 12.1 Å². The zero-order chi connectivity index (χ0) is 14.7. The zero-order valence-corrected chi connectivity index (χ0v) is 12.5. The van der Waals surface area contributed by atoms with E-state index in [-0.39, 0.29) is 5.75 Å². The van der Waals surface area contributed by atoms with Crippen molar-refractivity contribution < 1.29 is 9.84 Å². The summed E-state index contributed by atoms with van der Waals surface area (Å²) in [5, 5.41) is 9.37. The van der Waals surface area contributed by atoms with Crippen LogP contribution < -0.4 is 4.74 Å². The number of hydrogen-bond donors (Lipinski definition) is 1. The lowest BCUT2D eigenvalue weighted by Crippen LogP contribution is -2.06. The number of phenols is 1. The Bertz CT molecular complexity index is 595. The fourth-order valence-electron chi connectivity index (χ4n) is 3.12. The molecule has 1 saturated carbocycles. The second-order valence-corrected chi connectivity index (χ2v) is 5.97. The smallest absolute Gasteiger partial charge is 0.131 e. The first-order chi connectivity index (χ1) is 10.2. The van der Waals surface area contributed by atoms with Crippen LogP contribution in [0.2, 0.25) is 0 Å². The molecule has 0 unspecified atom stereocenters. The number of ether oxygens (including phenoxy) is 1. The minimum atomic E-state index is 0.263. The highest BCUT2D eigenvalue weighted by Gasteiger charge is 2.19. The maximum absolute atomic E-state index is 9.37. The summed E-state index contributed by atoms with van der Waals surface area (Å²) in [6, 6.07) is 13.5. The second kappa shape index (κ2) is 6.21. The number of aromatic hydroxyl groups is 1. The Kier molecular flexibility index (Phi) is 4.14. The van der Waals surface area contributed by atoms with Crippen molar-refractivity contribution in [3.63, 3.8) is 0 Å². The number of benzene rings is 2. The highest BCUT2D eigenvalue weighted by Crippen LogP contribution is 2.39. The van der Waals surface area contributed by atoms with Crippen molar-refractivity contribution >= 4 is 0 Å². The van der Waals surface area contributed by atoms with Crippen LogP contribution in [0.1, 0.15) is 49.1 Å². The molecule has 0 atom stereocenters. The lowest BCUT2D eigenvalue weighted by molar-refractivity contribution is 0.418. The van der Waals surface area contributed by atoms with E-state index >= 15 is 0 Å². The van der Waals surface area contributed by atoms with Crippen LogP contribution in [0.25, 0.3) is 0 Å². The van der Waals surface area contributed by atoms with Gasteiger partial charge in [-0.3, -0.25) is 0 Å². The zero-order valence-electron chi connectivity index (χ0n) is 12.5. The Morgan fingerprint density at radius 3 is 2.38 bits per heavy atom. The van der Waals surface area contributed by atoms with Crippen molar-refractivity contribution in [1.29, 1.82) is 0 Å². The van der Waals surface area contributed by atoms with Crippen LogP contribution in [-0.2, 0) is 0 Å². The molecule has 110 valence electrons. The average Bonchev–Trinajstić information content (AvgIpc) is 2.51. The van der Waals surface area contributed by atoms with Gasteiger partial charge in [0.05, 0.1) is 0 Å². The molecule has 0 radical (unpaired) electrons. The largest absolute Gasteiger partial charge is 0.508 e. The van der Waals surface area contributed by atoms with Crippen LogP contribution in [0, 0.1) is 6.92 Å². The fraction of sp³-hybridized carbons (Fsp3) is 0.368. The molecule has 1 N–H and O–H groups in total. The van der Waals surface area contributed by atoms with Gasteiger partial charge in [-0.05, 0) is 67.1 Å². The Morgan fingerprint density at radius 1 is 0.952 bits per heavy atom. The average molecular weight is 282 g/mol. The molecule has 0 spiro atoms. The summed E-state index contributed by atoms with van der Waals surface area (Å²) in [4.78, 5) is 0. The standard InChI is InChI=1S/C19H22O2/c1-14-7-12-18(15-5-3-2-4-6-15)19(13-14)21-17-10-8-16(20)9-11-17/h7-13,15,20H,2-6H2,1H3. The Balaban J connectivity index is 1.88. The lowest BCUT2D eigenvalue weighted by atomic mass is 9.83. The van der Waals surface area contributed by atoms with Crippen LogP contribution in [0.5, 0.6) is 17.2 Å². The van der Waals surface area contributed by atoms with E-state index in [0.717, 1.165) is 11.5 Å². The van der Waals surface area contributed by atoms with Gasteiger partial charge in [0.15, 0.2) is 0 Å². The lowest BCUT2D eigenvalue weighted by Gasteiger charge is -2.24. The molecule has 0 aliphatic heterocycles. The van der Waals surface area contributed by atoms with Crippen molar-refractivity contribution in [2.75, 3.05) is 0 Å². The van der Waals surface area contributed by atoms with E-state index in [2.05, 4.69) is 25.1 Å². The third-order valence-corrected chi connectivity index (χ3v) is 4.28. The molecule has 0 amide bonds. The van der Waals surface area contributed by atoms with Gasteiger partial charge in [-0.1, -0.05) is 31.4 Å². The molecule has 2 aromatic rings. The van der Waals surface area contributed by atoms with Crippen molar-refractivity contribution in [2.24, 2.45) is 0 Å². The van der Waals surface area contributed by atoms with Gasteiger partial charge >= 0.3 is 0 Å². The third kappa shape index (κ3) is 3.38. The van der Waals surface area contributed by atoms with Crippen molar-refractivity contribution in [3.05, 3.63) is 53.6 Å². The summed E-state index contributed by atoms with van der Waals surface area (Å²) in [5.74, 6) is 2.62. The number of phenolic OH excluding ortho intramolecular Hbond substituents is 1. The molecule has 3 rings (SSSR count). The van der Waals surface area contributed by atoms with Crippen LogP contribution in [0.15, 0.2) is 42.5 Å². The molecule has 1 fully saturated rings. The fourth-order valence-corrected chi connectivity index (χ4v) is 3.12. The van der Waals surface area contributed by atoms with Crippen molar-refractivity contribution in [3.8, 4) is 17.2 Å². The monoisotopic (exact) mass is 282 g/mol. The van der Waals surface area contributed by atoms with Crippen LogP contribution in [-0.4, -0.2) is 5.11 Å². The number of hydrogen-bond acceptors (Lipinski definition) is 2. The van der Waals surface area contributed by atoms with Crippen LogP contribution in [0.3, 0.4) is 0 Å². The molecule has 1 aliphatic rings. The number of rotatable bonds is 3. The molecule has 0 heterocycles. The van der Waals surface area contributed by atoms with Gasteiger partial charge < -0.3 is 9.84 Å². The molecule has 21 heavy (non-hydrogen) atoms. The van der Waals surface area contributed by atoms with Crippen LogP contribution >= 0.6 is 0 Å². The number of aryl methyl sites for hydroxylation is 1. The van der Waals surface area contributed by atoms with E-state index in [0.29, 0.717) is 5.92 Å². The maximum Gasteiger partial charge on any atom is 0.131 e. The van der Waals surface area contributed by atoms with Gasteiger partial charge in [-0.25, -0.2) is 0 Å². The van der Waals surface area contributed by atoms with Crippen molar-refractivity contribution in [2.45, 2.75) is 44.9 Å². The first-order valence-electron chi connectivity index (χ1n) is 7.80. The normalized spacial score (nSPS) is 15.9. The van der Waals surface area contributed by atoms with Gasteiger partial charge in [0.25, 0.3) is 0 Å². The molecule has 0 aromatic heterocycles. The highest BCUT2D eigenvalue weighted by molar-refractivity contribution is 5.43. The van der Waals surface area contributed by atoms with Gasteiger partial charge in [-0.2, -0.15) is 0 Å². The Morgan fingerprint density at radius 2 is 1.67 bits per heavy atom. The first kappa shape index (κ1) is 14.0. The Labute approximate surface area is 126 Å². The summed E-state index contributed by atoms with van der Waals surface area (Å²) in [6.07, 6.45) is 6.51. The minimum Gasteiger partial charge on any atom is -0.508 e. The summed E-state index contributed by atoms with van der Waals surface area (Å²) in [5.41, 5.74) is 2.54. The topological polar surface area (TPSA) is 29.5 Å². The van der Waals surface area contributed by atoms with E-state index in [9.17, 15) is 5.11 Å². The summed E-state index contributed by atoms with van der Waals surface area (Å²) < 4.78 is 6.09. The van der Waals surface area contributed by atoms with Gasteiger partial charge in [0, 0.05) is 0 Å². The first-order valence-corrected chi connectivity index (χ1v) is 7.80. The molecule has 1 aliphatic carbocycles. The predicted molar refractivity (Wildman–Crippen MR) is 85.2 cm³/mol. The van der Waals surface area contributed by atoms with Gasteiger partial charge in [0.2, 0.25) is 0 Å². The van der Waals surface area contributed by atoms with Gasteiger partial charge in [-0.15, -0.1) is 0 Å². The quantitative estimate of drug-likeness (QED) is 0.800. The van der Waals surface area contributed by atoms with E-state index in [1.165, 1.54) is 43.2 Å². The maximum atomic E-state index is 9.37. The SMILES string of the molecule is Cc1ccc(C2CCCCC2)c(Oc2ccc(O)cc2)c1. The predicted octanol–water partition coefficient (Wildman–Crippen LogP) is 5.54. The molecular formula is C19H22O2. The molecule has 0 saturated heterocycles. The van der Waals surface area contributed by atoms with Crippen molar-refractivity contribution in [1.82, 2.24) is 0 Å². The molecule has 2 nitrogen and oxygen atoms in total.